The Morgan fingerprint density at radius 3 is 3.07 bits per heavy atom. The largest absolute Gasteiger partial charge is 0.352 e. The maximum absolute atomic E-state index is 11.9. The number of nitrogens with one attached hydrogen (secondary N) is 1. The van der Waals surface area contributed by atoms with E-state index in [0.29, 0.717) is 11.5 Å². The highest BCUT2D eigenvalue weighted by Gasteiger charge is 2.11. The molecule has 76 valence electrons. The zero-order chi connectivity index (χ0) is 10.6. The van der Waals surface area contributed by atoms with Gasteiger partial charge in [-0.25, -0.2) is 9.78 Å². The van der Waals surface area contributed by atoms with Crippen molar-refractivity contribution in [3.63, 3.8) is 0 Å². The molecule has 0 atom stereocenters. The minimum atomic E-state index is -0.194. The molecule has 0 spiro atoms. The Bertz CT molecular complexity index is 717. The van der Waals surface area contributed by atoms with Gasteiger partial charge in [0.1, 0.15) is 11.5 Å². The van der Waals surface area contributed by atoms with Crippen LogP contribution in [0.25, 0.3) is 16.7 Å². The molecular formula is C9H9N5O. The molecule has 3 aromatic heterocycles. The van der Waals surface area contributed by atoms with Gasteiger partial charge in [-0.2, -0.15) is 4.52 Å². The fourth-order valence-electron chi connectivity index (χ4n) is 1.78. The van der Waals surface area contributed by atoms with Gasteiger partial charge in [-0.3, -0.25) is 4.57 Å². The fourth-order valence-corrected chi connectivity index (χ4v) is 1.78. The van der Waals surface area contributed by atoms with Gasteiger partial charge in [0.2, 0.25) is 0 Å². The summed E-state index contributed by atoms with van der Waals surface area (Å²) in [6, 6.07) is 1.89. The summed E-state index contributed by atoms with van der Waals surface area (Å²) in [6.07, 6.45) is 1.79. The molecule has 0 aliphatic rings. The van der Waals surface area contributed by atoms with Crippen LogP contribution in [0.2, 0.25) is 0 Å². The number of rotatable bonds is 0. The lowest BCUT2D eigenvalue weighted by atomic mass is 10.4. The Balaban J connectivity index is 2.75. The van der Waals surface area contributed by atoms with Crippen LogP contribution in [0, 0.1) is 6.92 Å². The van der Waals surface area contributed by atoms with Crippen molar-refractivity contribution in [2.45, 2.75) is 6.92 Å². The van der Waals surface area contributed by atoms with E-state index in [1.165, 1.54) is 9.08 Å². The Hall–Kier alpha value is -2.11. The quantitative estimate of drug-likeness (QED) is 0.568. The summed E-state index contributed by atoms with van der Waals surface area (Å²) in [7, 11) is 1.71. The molecule has 0 bridgehead atoms. The first-order valence-electron chi connectivity index (χ1n) is 4.58. The van der Waals surface area contributed by atoms with Crippen LogP contribution in [-0.2, 0) is 7.05 Å². The van der Waals surface area contributed by atoms with Crippen molar-refractivity contribution >= 4 is 16.7 Å². The van der Waals surface area contributed by atoms with Crippen molar-refractivity contribution < 1.29 is 0 Å². The Kier molecular flexibility index (Phi) is 1.35. The predicted octanol–water partition coefficient (Wildman–Crippen LogP) is 0.218. The van der Waals surface area contributed by atoms with E-state index in [1.54, 1.807) is 20.2 Å². The molecule has 0 unspecified atom stereocenters. The summed E-state index contributed by atoms with van der Waals surface area (Å²) in [5.74, 6) is 0.598. The van der Waals surface area contributed by atoms with Crippen LogP contribution in [0.5, 0.6) is 0 Å². The number of aromatic amines is 1. The molecule has 6 heteroatoms. The number of fused-ring (bicyclic) bond motifs is 3. The van der Waals surface area contributed by atoms with E-state index in [-0.39, 0.29) is 5.69 Å². The van der Waals surface area contributed by atoms with Crippen molar-refractivity contribution in [1.29, 1.82) is 0 Å². The van der Waals surface area contributed by atoms with Gasteiger partial charge in [0.15, 0.2) is 5.65 Å². The molecule has 0 saturated heterocycles. The van der Waals surface area contributed by atoms with Crippen LogP contribution >= 0.6 is 0 Å². The molecule has 0 radical (unpaired) electrons. The molecule has 0 aliphatic carbocycles. The van der Waals surface area contributed by atoms with E-state index >= 15 is 0 Å². The highest BCUT2D eigenvalue weighted by molar-refractivity contribution is 5.89. The van der Waals surface area contributed by atoms with Gasteiger partial charge in [-0.15, -0.1) is 5.10 Å². The van der Waals surface area contributed by atoms with E-state index in [4.69, 9.17) is 0 Å². The number of hydrogen-bond donors (Lipinski definition) is 1. The first-order valence-corrected chi connectivity index (χ1v) is 4.58. The molecular weight excluding hydrogens is 194 g/mol. The van der Waals surface area contributed by atoms with Crippen molar-refractivity contribution in [2.75, 3.05) is 0 Å². The van der Waals surface area contributed by atoms with Gasteiger partial charge in [0.05, 0.1) is 5.39 Å². The van der Waals surface area contributed by atoms with Gasteiger partial charge in [-0.1, -0.05) is 0 Å². The number of aryl methyl sites for hydroxylation is 2. The average Bonchev–Trinajstić information content (AvgIpc) is 2.79. The van der Waals surface area contributed by atoms with Crippen molar-refractivity contribution in [2.24, 2.45) is 7.05 Å². The minimum Gasteiger partial charge on any atom is -0.347 e. The second-order valence-corrected chi connectivity index (χ2v) is 3.48. The Labute approximate surface area is 84.2 Å². The maximum atomic E-state index is 11.9. The summed E-state index contributed by atoms with van der Waals surface area (Å²) in [5.41, 5.74) is 1.17. The van der Waals surface area contributed by atoms with Crippen molar-refractivity contribution in [1.82, 2.24) is 24.1 Å². The summed E-state index contributed by atoms with van der Waals surface area (Å²) >= 11 is 0. The fraction of sp³-hybridized carbons (Fsp3) is 0.222. The molecule has 3 aromatic rings. The number of aromatic nitrogens is 5. The van der Waals surface area contributed by atoms with Crippen LogP contribution in [0.4, 0.5) is 0 Å². The lowest BCUT2D eigenvalue weighted by Gasteiger charge is -2.00. The summed E-state index contributed by atoms with van der Waals surface area (Å²) in [5, 5.41) is 4.96. The van der Waals surface area contributed by atoms with Crippen LogP contribution in [0.15, 0.2) is 17.1 Å². The zero-order valence-electron chi connectivity index (χ0n) is 8.35. The van der Waals surface area contributed by atoms with Crippen LogP contribution in [0.3, 0.4) is 0 Å². The SMILES string of the molecule is Cc1nc2c3cc[nH]c3n(C)c(=O)n2n1. The van der Waals surface area contributed by atoms with Gasteiger partial charge in [0, 0.05) is 13.2 Å². The molecule has 0 aromatic carbocycles. The monoisotopic (exact) mass is 203 g/mol. The third-order valence-electron chi connectivity index (χ3n) is 2.48. The van der Waals surface area contributed by atoms with Crippen LogP contribution in [-0.4, -0.2) is 24.1 Å². The predicted molar refractivity (Wildman–Crippen MR) is 54.8 cm³/mol. The standard InChI is InChI=1S/C9H9N5O/c1-5-11-8-6-3-4-10-7(6)13(2)9(15)14(8)12-5/h3-4,10H,1-2H3. The molecule has 0 saturated carbocycles. The Morgan fingerprint density at radius 2 is 2.27 bits per heavy atom. The molecule has 3 rings (SSSR count). The topological polar surface area (TPSA) is 68.0 Å². The Morgan fingerprint density at radius 1 is 1.47 bits per heavy atom. The van der Waals surface area contributed by atoms with E-state index in [9.17, 15) is 4.79 Å². The van der Waals surface area contributed by atoms with Gasteiger partial charge in [0.25, 0.3) is 0 Å². The molecule has 0 aliphatic heterocycles. The maximum Gasteiger partial charge on any atom is 0.352 e. The summed E-state index contributed by atoms with van der Waals surface area (Å²) in [4.78, 5) is 19.1. The third kappa shape index (κ3) is 0.903. The highest BCUT2D eigenvalue weighted by Crippen LogP contribution is 2.14. The molecule has 0 amide bonds. The smallest absolute Gasteiger partial charge is 0.347 e. The second kappa shape index (κ2) is 2.47. The summed E-state index contributed by atoms with van der Waals surface area (Å²) in [6.45, 7) is 1.77. The second-order valence-electron chi connectivity index (χ2n) is 3.48. The van der Waals surface area contributed by atoms with E-state index < -0.39 is 0 Å². The normalized spacial score (nSPS) is 11.6. The lowest BCUT2D eigenvalue weighted by molar-refractivity contribution is 0.760. The van der Waals surface area contributed by atoms with Crippen molar-refractivity contribution in [3.8, 4) is 0 Å². The van der Waals surface area contributed by atoms with Crippen molar-refractivity contribution in [3.05, 3.63) is 28.6 Å². The molecule has 15 heavy (non-hydrogen) atoms. The lowest BCUT2D eigenvalue weighted by Crippen LogP contribution is -2.25. The summed E-state index contributed by atoms with van der Waals surface area (Å²) < 4.78 is 2.85. The molecule has 3 heterocycles. The zero-order valence-corrected chi connectivity index (χ0v) is 8.35. The first kappa shape index (κ1) is 8.22. The molecule has 0 fully saturated rings. The molecule has 1 N–H and O–H groups in total. The number of hydrogen-bond acceptors (Lipinski definition) is 3. The first-order chi connectivity index (χ1) is 7.18. The minimum absolute atomic E-state index is 0.194. The van der Waals surface area contributed by atoms with Crippen LogP contribution in [0.1, 0.15) is 5.82 Å². The van der Waals surface area contributed by atoms with Crippen LogP contribution < -0.4 is 5.69 Å². The van der Waals surface area contributed by atoms with Gasteiger partial charge in [-0.05, 0) is 13.0 Å². The van der Waals surface area contributed by atoms with E-state index in [1.807, 2.05) is 6.07 Å². The van der Waals surface area contributed by atoms with Gasteiger partial charge >= 0.3 is 5.69 Å². The van der Waals surface area contributed by atoms with E-state index in [2.05, 4.69) is 15.1 Å². The highest BCUT2D eigenvalue weighted by atomic mass is 16.2. The molecule has 6 nitrogen and oxygen atoms in total. The van der Waals surface area contributed by atoms with E-state index in [0.717, 1.165) is 11.0 Å². The average molecular weight is 203 g/mol. The number of nitrogens with zero attached hydrogens (tertiary/aromatic N) is 4. The number of H-pyrrole nitrogens is 1. The van der Waals surface area contributed by atoms with Gasteiger partial charge < -0.3 is 4.98 Å². The third-order valence-corrected chi connectivity index (χ3v) is 2.48.